The number of guanidine groups is 1. The van der Waals surface area contributed by atoms with Crippen LogP contribution in [0.1, 0.15) is 6.92 Å². The normalized spacial score (nSPS) is 11.1. The Kier molecular flexibility index (Phi) is 5.08. The van der Waals surface area contributed by atoms with E-state index in [1.54, 1.807) is 0 Å². The number of para-hydroxylation sites is 1. The first-order chi connectivity index (χ1) is 7.33. The van der Waals surface area contributed by atoms with Gasteiger partial charge in [0.05, 0.1) is 6.54 Å². The summed E-state index contributed by atoms with van der Waals surface area (Å²) in [4.78, 5) is 4.09. The maximum atomic E-state index is 5.55. The molecule has 1 rings (SSSR count). The molecule has 4 heteroatoms. The van der Waals surface area contributed by atoms with Crippen LogP contribution in [-0.4, -0.2) is 25.7 Å². The van der Waals surface area contributed by atoms with Crippen molar-refractivity contribution >= 4 is 5.96 Å². The summed E-state index contributed by atoms with van der Waals surface area (Å²) in [6, 6.07) is 9.65. The third-order valence-electron chi connectivity index (χ3n) is 1.74. The molecule has 1 aromatic carbocycles. The SMILES string of the molecule is CCNC(N)=NCCOc1ccccc1. The van der Waals surface area contributed by atoms with Crippen molar-refractivity contribution in [2.24, 2.45) is 10.7 Å². The van der Waals surface area contributed by atoms with E-state index in [-0.39, 0.29) is 0 Å². The minimum atomic E-state index is 0.467. The number of rotatable bonds is 5. The molecule has 0 amide bonds. The molecule has 0 bridgehead atoms. The van der Waals surface area contributed by atoms with E-state index < -0.39 is 0 Å². The van der Waals surface area contributed by atoms with Gasteiger partial charge >= 0.3 is 0 Å². The van der Waals surface area contributed by atoms with E-state index in [1.807, 2.05) is 37.3 Å². The monoisotopic (exact) mass is 207 g/mol. The Morgan fingerprint density at radius 3 is 2.80 bits per heavy atom. The van der Waals surface area contributed by atoms with E-state index in [4.69, 9.17) is 10.5 Å². The van der Waals surface area contributed by atoms with Crippen LogP contribution < -0.4 is 15.8 Å². The number of nitrogens with two attached hydrogens (primary N) is 1. The van der Waals surface area contributed by atoms with Crippen molar-refractivity contribution in [1.82, 2.24) is 5.32 Å². The zero-order valence-electron chi connectivity index (χ0n) is 8.94. The maximum absolute atomic E-state index is 5.55. The van der Waals surface area contributed by atoms with Gasteiger partial charge in [0.1, 0.15) is 12.4 Å². The zero-order chi connectivity index (χ0) is 10.9. The Labute approximate surface area is 90.2 Å². The highest BCUT2D eigenvalue weighted by molar-refractivity contribution is 5.77. The van der Waals surface area contributed by atoms with Crippen LogP contribution in [0.4, 0.5) is 0 Å². The number of nitrogens with one attached hydrogen (secondary N) is 1. The van der Waals surface area contributed by atoms with Gasteiger partial charge in [-0.25, -0.2) is 4.99 Å². The van der Waals surface area contributed by atoms with Gasteiger partial charge in [-0.15, -0.1) is 0 Å². The molecule has 0 fully saturated rings. The largest absolute Gasteiger partial charge is 0.492 e. The van der Waals surface area contributed by atoms with Gasteiger partial charge in [0.25, 0.3) is 0 Å². The Morgan fingerprint density at radius 1 is 1.40 bits per heavy atom. The van der Waals surface area contributed by atoms with Crippen LogP contribution in [-0.2, 0) is 0 Å². The van der Waals surface area contributed by atoms with E-state index in [2.05, 4.69) is 10.3 Å². The predicted molar refractivity (Wildman–Crippen MR) is 62.1 cm³/mol. The molecule has 0 aliphatic heterocycles. The van der Waals surface area contributed by atoms with Gasteiger partial charge in [-0.05, 0) is 19.1 Å². The summed E-state index contributed by atoms with van der Waals surface area (Å²) in [6.45, 7) is 3.86. The second kappa shape index (κ2) is 6.70. The van der Waals surface area contributed by atoms with Crippen molar-refractivity contribution in [3.8, 4) is 5.75 Å². The molecule has 3 N–H and O–H groups in total. The number of hydrogen-bond donors (Lipinski definition) is 2. The van der Waals surface area contributed by atoms with Crippen molar-refractivity contribution in [1.29, 1.82) is 0 Å². The predicted octanol–water partition coefficient (Wildman–Crippen LogP) is 0.990. The Hall–Kier alpha value is -1.71. The van der Waals surface area contributed by atoms with Crippen LogP contribution in [0.5, 0.6) is 5.75 Å². The third-order valence-corrected chi connectivity index (χ3v) is 1.74. The summed E-state index contributed by atoms with van der Waals surface area (Å²) in [5.74, 6) is 1.32. The molecule has 1 aromatic rings. The summed E-state index contributed by atoms with van der Waals surface area (Å²) < 4.78 is 5.44. The van der Waals surface area contributed by atoms with E-state index >= 15 is 0 Å². The molecule has 0 unspecified atom stereocenters. The second-order valence-corrected chi connectivity index (χ2v) is 2.96. The van der Waals surface area contributed by atoms with Gasteiger partial charge in [-0.1, -0.05) is 18.2 Å². The standard InChI is InChI=1S/C11H17N3O/c1-2-13-11(12)14-8-9-15-10-6-4-3-5-7-10/h3-7H,2,8-9H2,1H3,(H3,12,13,14). The first-order valence-corrected chi connectivity index (χ1v) is 5.04. The highest BCUT2D eigenvalue weighted by Crippen LogP contribution is 2.07. The van der Waals surface area contributed by atoms with Gasteiger partial charge < -0.3 is 15.8 Å². The molecular formula is C11H17N3O. The Bertz CT molecular complexity index is 298. The van der Waals surface area contributed by atoms with Crippen molar-refractivity contribution in [3.05, 3.63) is 30.3 Å². The summed E-state index contributed by atoms with van der Waals surface area (Å²) >= 11 is 0. The van der Waals surface area contributed by atoms with Gasteiger partial charge in [-0.3, -0.25) is 0 Å². The molecule has 15 heavy (non-hydrogen) atoms. The first-order valence-electron chi connectivity index (χ1n) is 5.04. The Balaban J connectivity index is 2.20. The van der Waals surface area contributed by atoms with Crippen molar-refractivity contribution in [3.63, 3.8) is 0 Å². The van der Waals surface area contributed by atoms with Gasteiger partial charge in [0, 0.05) is 6.54 Å². The van der Waals surface area contributed by atoms with Crippen molar-refractivity contribution in [2.75, 3.05) is 19.7 Å². The van der Waals surface area contributed by atoms with Crippen LogP contribution in [0.2, 0.25) is 0 Å². The lowest BCUT2D eigenvalue weighted by atomic mass is 10.3. The maximum Gasteiger partial charge on any atom is 0.188 e. The number of ether oxygens (including phenoxy) is 1. The highest BCUT2D eigenvalue weighted by Gasteiger charge is 1.91. The van der Waals surface area contributed by atoms with Gasteiger partial charge in [0.2, 0.25) is 0 Å². The van der Waals surface area contributed by atoms with Crippen LogP contribution in [0.3, 0.4) is 0 Å². The molecule has 0 radical (unpaired) electrons. The van der Waals surface area contributed by atoms with Gasteiger partial charge in [-0.2, -0.15) is 0 Å². The zero-order valence-corrected chi connectivity index (χ0v) is 8.94. The van der Waals surface area contributed by atoms with E-state index in [0.29, 0.717) is 19.1 Å². The first kappa shape index (κ1) is 11.4. The fourth-order valence-electron chi connectivity index (χ4n) is 1.08. The average Bonchev–Trinajstić information content (AvgIpc) is 2.26. The lowest BCUT2D eigenvalue weighted by Gasteiger charge is -2.04. The molecule has 0 aliphatic carbocycles. The van der Waals surface area contributed by atoms with Crippen LogP contribution in [0.25, 0.3) is 0 Å². The molecule has 0 heterocycles. The number of nitrogens with zero attached hydrogens (tertiary/aromatic N) is 1. The molecule has 0 saturated heterocycles. The molecular weight excluding hydrogens is 190 g/mol. The topological polar surface area (TPSA) is 59.6 Å². The molecule has 82 valence electrons. The Morgan fingerprint density at radius 2 is 2.13 bits per heavy atom. The molecule has 0 spiro atoms. The number of hydrogen-bond acceptors (Lipinski definition) is 2. The minimum Gasteiger partial charge on any atom is -0.492 e. The number of benzene rings is 1. The minimum absolute atomic E-state index is 0.467. The van der Waals surface area contributed by atoms with Crippen LogP contribution in [0, 0.1) is 0 Å². The highest BCUT2D eigenvalue weighted by atomic mass is 16.5. The fourth-order valence-corrected chi connectivity index (χ4v) is 1.08. The third kappa shape index (κ3) is 4.90. The lowest BCUT2D eigenvalue weighted by molar-refractivity contribution is 0.328. The van der Waals surface area contributed by atoms with Crippen molar-refractivity contribution in [2.45, 2.75) is 6.92 Å². The van der Waals surface area contributed by atoms with Crippen LogP contribution in [0.15, 0.2) is 35.3 Å². The molecule has 0 atom stereocenters. The van der Waals surface area contributed by atoms with E-state index in [9.17, 15) is 0 Å². The summed E-state index contributed by atoms with van der Waals surface area (Å²) in [5, 5.41) is 2.92. The quantitative estimate of drug-likeness (QED) is 0.430. The smallest absolute Gasteiger partial charge is 0.188 e. The molecule has 0 aromatic heterocycles. The summed E-state index contributed by atoms with van der Waals surface area (Å²) in [7, 11) is 0. The van der Waals surface area contributed by atoms with E-state index in [1.165, 1.54) is 0 Å². The van der Waals surface area contributed by atoms with Crippen molar-refractivity contribution < 1.29 is 4.74 Å². The second-order valence-electron chi connectivity index (χ2n) is 2.96. The number of aliphatic imine (C=N–C) groups is 1. The fraction of sp³-hybridized carbons (Fsp3) is 0.364. The summed E-state index contributed by atoms with van der Waals surface area (Å²) in [6.07, 6.45) is 0. The lowest BCUT2D eigenvalue weighted by Crippen LogP contribution is -2.31. The van der Waals surface area contributed by atoms with E-state index in [0.717, 1.165) is 12.3 Å². The molecule has 0 saturated carbocycles. The summed E-state index contributed by atoms with van der Waals surface area (Å²) in [5.41, 5.74) is 5.55. The molecule has 0 aliphatic rings. The van der Waals surface area contributed by atoms with Crippen LogP contribution >= 0.6 is 0 Å². The van der Waals surface area contributed by atoms with Gasteiger partial charge in [0.15, 0.2) is 5.96 Å². The molecule has 4 nitrogen and oxygen atoms in total. The average molecular weight is 207 g/mol.